The fourth-order valence-electron chi connectivity index (χ4n) is 3.45. The highest BCUT2D eigenvalue weighted by molar-refractivity contribution is 5.98. The number of nitrogens with zero attached hydrogens (tertiary/aromatic N) is 3. The average molecular weight is 382 g/mol. The fourth-order valence-corrected chi connectivity index (χ4v) is 3.45. The lowest BCUT2D eigenvalue weighted by molar-refractivity contribution is -0.116. The van der Waals surface area contributed by atoms with Crippen LogP contribution < -0.4 is 5.32 Å². The Morgan fingerprint density at radius 1 is 0.897 bits per heavy atom. The van der Waals surface area contributed by atoms with Crippen molar-refractivity contribution in [2.75, 3.05) is 5.32 Å². The molecule has 2 heterocycles. The quantitative estimate of drug-likeness (QED) is 0.546. The molecule has 1 N–H and O–H groups in total. The van der Waals surface area contributed by atoms with Gasteiger partial charge in [0.25, 0.3) is 0 Å². The summed E-state index contributed by atoms with van der Waals surface area (Å²) in [6.07, 6.45) is 1.66. The topological polar surface area (TPSA) is 59.8 Å². The predicted molar refractivity (Wildman–Crippen MR) is 114 cm³/mol. The highest BCUT2D eigenvalue weighted by Gasteiger charge is 2.22. The van der Waals surface area contributed by atoms with Crippen molar-refractivity contribution in [1.82, 2.24) is 14.8 Å². The van der Waals surface area contributed by atoms with Gasteiger partial charge < -0.3 is 5.32 Å². The molecule has 0 aliphatic carbocycles. The van der Waals surface area contributed by atoms with Gasteiger partial charge in [-0.25, -0.2) is 9.67 Å². The minimum absolute atomic E-state index is 0.0944. The van der Waals surface area contributed by atoms with Crippen LogP contribution in [-0.2, 0) is 4.79 Å². The van der Waals surface area contributed by atoms with Gasteiger partial charge >= 0.3 is 0 Å². The molecule has 29 heavy (non-hydrogen) atoms. The van der Waals surface area contributed by atoms with E-state index >= 15 is 0 Å². The summed E-state index contributed by atoms with van der Waals surface area (Å²) in [6, 6.07) is 25.3. The van der Waals surface area contributed by atoms with Crippen molar-refractivity contribution in [3.8, 4) is 5.82 Å². The lowest BCUT2D eigenvalue weighted by Gasteiger charge is -2.18. The first kappa shape index (κ1) is 18.6. The van der Waals surface area contributed by atoms with Crippen LogP contribution in [0, 0.1) is 13.8 Å². The lowest BCUT2D eigenvalue weighted by atomic mass is 9.90. The summed E-state index contributed by atoms with van der Waals surface area (Å²) in [5, 5.41) is 7.45. The fraction of sp³-hybridized carbons (Fsp3) is 0.125. The average Bonchev–Trinajstić information content (AvgIpc) is 3.08. The van der Waals surface area contributed by atoms with Gasteiger partial charge in [0.1, 0.15) is 0 Å². The minimum atomic E-state index is -0.395. The first-order valence-electron chi connectivity index (χ1n) is 9.52. The Morgan fingerprint density at radius 2 is 1.52 bits per heavy atom. The van der Waals surface area contributed by atoms with Crippen LogP contribution in [0.2, 0.25) is 0 Å². The largest absolute Gasteiger partial charge is 0.324 e. The Labute approximate surface area is 170 Å². The van der Waals surface area contributed by atoms with Crippen LogP contribution in [0.4, 0.5) is 5.69 Å². The molecule has 0 fully saturated rings. The molecule has 0 aliphatic heterocycles. The van der Waals surface area contributed by atoms with Crippen LogP contribution in [0.3, 0.4) is 0 Å². The highest BCUT2D eigenvalue weighted by atomic mass is 16.1. The van der Waals surface area contributed by atoms with E-state index in [0.717, 1.165) is 28.3 Å². The number of nitrogens with one attached hydrogen (secondary N) is 1. The van der Waals surface area contributed by atoms with Crippen molar-refractivity contribution in [2.24, 2.45) is 0 Å². The molecule has 4 rings (SSSR count). The van der Waals surface area contributed by atoms with E-state index in [0.29, 0.717) is 5.69 Å². The van der Waals surface area contributed by atoms with Crippen LogP contribution in [0.1, 0.15) is 28.4 Å². The molecule has 0 radical (unpaired) electrons. The van der Waals surface area contributed by atoms with Crippen molar-refractivity contribution < 1.29 is 4.79 Å². The van der Waals surface area contributed by atoms with E-state index in [-0.39, 0.29) is 5.91 Å². The molecule has 2 aromatic carbocycles. The summed E-state index contributed by atoms with van der Waals surface area (Å²) in [7, 11) is 0. The number of hydrogen-bond acceptors (Lipinski definition) is 3. The summed E-state index contributed by atoms with van der Waals surface area (Å²) < 4.78 is 1.79. The zero-order chi connectivity index (χ0) is 20.2. The predicted octanol–water partition coefficient (Wildman–Crippen LogP) is 4.65. The Balaban J connectivity index is 1.59. The van der Waals surface area contributed by atoms with E-state index in [2.05, 4.69) is 15.4 Å². The van der Waals surface area contributed by atoms with Crippen LogP contribution in [-0.4, -0.2) is 20.7 Å². The molecule has 0 bridgehead atoms. The molecule has 0 spiro atoms. The minimum Gasteiger partial charge on any atom is -0.324 e. The lowest BCUT2D eigenvalue weighted by Crippen LogP contribution is -2.22. The number of amides is 1. The first-order valence-corrected chi connectivity index (χ1v) is 9.52. The third-order valence-corrected chi connectivity index (χ3v) is 4.77. The zero-order valence-electron chi connectivity index (χ0n) is 16.4. The molecule has 2 aromatic heterocycles. The molecule has 0 saturated carbocycles. The summed E-state index contributed by atoms with van der Waals surface area (Å²) in [5.74, 6) is 0.229. The van der Waals surface area contributed by atoms with E-state index < -0.39 is 5.92 Å². The van der Waals surface area contributed by atoms with Gasteiger partial charge in [-0.2, -0.15) is 5.10 Å². The molecule has 0 saturated heterocycles. The van der Waals surface area contributed by atoms with Crippen molar-refractivity contribution in [2.45, 2.75) is 19.8 Å². The Hall–Kier alpha value is -3.73. The summed E-state index contributed by atoms with van der Waals surface area (Å²) >= 11 is 0. The third kappa shape index (κ3) is 4.09. The van der Waals surface area contributed by atoms with Gasteiger partial charge in [0.2, 0.25) is 5.91 Å². The SMILES string of the molecule is Cc1cc(C)n(-c2ccc(NC(=O)C(c3ccccc3)c3ccccc3)cn2)n1. The van der Waals surface area contributed by atoms with Crippen LogP contribution in [0.25, 0.3) is 5.82 Å². The number of hydrogen-bond donors (Lipinski definition) is 1. The van der Waals surface area contributed by atoms with E-state index in [1.807, 2.05) is 92.7 Å². The van der Waals surface area contributed by atoms with Gasteiger partial charge in [-0.3, -0.25) is 4.79 Å². The number of rotatable bonds is 5. The maximum Gasteiger partial charge on any atom is 0.236 e. The molecule has 5 nitrogen and oxygen atoms in total. The number of anilines is 1. The Bertz CT molecular complexity index is 1060. The number of aryl methyl sites for hydroxylation is 2. The van der Waals surface area contributed by atoms with Gasteiger partial charge in [-0.15, -0.1) is 0 Å². The van der Waals surface area contributed by atoms with Crippen LogP contribution >= 0.6 is 0 Å². The van der Waals surface area contributed by atoms with Crippen LogP contribution in [0.15, 0.2) is 85.1 Å². The molecular weight excluding hydrogens is 360 g/mol. The highest BCUT2D eigenvalue weighted by Crippen LogP contribution is 2.26. The Kier molecular flexibility index (Phi) is 5.20. The normalized spacial score (nSPS) is 10.9. The zero-order valence-corrected chi connectivity index (χ0v) is 16.4. The van der Waals surface area contributed by atoms with Gasteiger partial charge in [-0.05, 0) is 43.2 Å². The van der Waals surface area contributed by atoms with E-state index in [4.69, 9.17) is 0 Å². The summed E-state index contributed by atoms with van der Waals surface area (Å²) in [4.78, 5) is 17.6. The van der Waals surface area contributed by atoms with Crippen molar-refractivity contribution in [3.05, 3.63) is 108 Å². The molecule has 0 unspecified atom stereocenters. The molecule has 5 heteroatoms. The van der Waals surface area contributed by atoms with Gasteiger partial charge in [0.15, 0.2) is 5.82 Å². The first-order chi connectivity index (χ1) is 14.1. The van der Waals surface area contributed by atoms with E-state index in [1.165, 1.54) is 0 Å². The molecule has 144 valence electrons. The van der Waals surface area contributed by atoms with Crippen molar-refractivity contribution in [1.29, 1.82) is 0 Å². The number of aromatic nitrogens is 3. The molecule has 0 atom stereocenters. The van der Waals surface area contributed by atoms with Crippen molar-refractivity contribution in [3.63, 3.8) is 0 Å². The maximum atomic E-state index is 13.2. The third-order valence-electron chi connectivity index (χ3n) is 4.77. The standard InChI is InChI=1S/C24H22N4O/c1-17-15-18(2)28(27-17)22-14-13-21(16-25-22)26-24(29)23(19-9-5-3-6-10-19)20-11-7-4-8-12-20/h3-16,23H,1-2H3,(H,26,29). The smallest absolute Gasteiger partial charge is 0.236 e. The van der Waals surface area contributed by atoms with Crippen LogP contribution in [0.5, 0.6) is 0 Å². The second-order valence-electron chi connectivity index (χ2n) is 6.99. The van der Waals surface area contributed by atoms with Gasteiger partial charge in [-0.1, -0.05) is 60.7 Å². The van der Waals surface area contributed by atoms with Gasteiger partial charge in [0.05, 0.1) is 23.5 Å². The number of carbonyl (C=O) groups is 1. The maximum absolute atomic E-state index is 13.2. The van der Waals surface area contributed by atoms with E-state index in [1.54, 1.807) is 10.9 Å². The monoisotopic (exact) mass is 382 g/mol. The number of pyridine rings is 1. The Morgan fingerprint density at radius 3 is 2.00 bits per heavy atom. The van der Waals surface area contributed by atoms with Gasteiger partial charge in [0, 0.05) is 5.69 Å². The molecule has 1 amide bonds. The number of carbonyl (C=O) groups excluding carboxylic acids is 1. The number of benzene rings is 2. The van der Waals surface area contributed by atoms with Crippen molar-refractivity contribution >= 4 is 11.6 Å². The summed E-state index contributed by atoms with van der Waals surface area (Å²) in [6.45, 7) is 3.94. The molecule has 4 aromatic rings. The molecule has 0 aliphatic rings. The second-order valence-corrected chi connectivity index (χ2v) is 6.99. The molecular formula is C24H22N4O. The van der Waals surface area contributed by atoms with E-state index in [9.17, 15) is 4.79 Å². The second kappa shape index (κ2) is 8.10. The summed E-state index contributed by atoms with van der Waals surface area (Å²) in [5.41, 5.74) is 4.50.